The van der Waals surface area contributed by atoms with E-state index in [1.807, 2.05) is 26.0 Å². The molecule has 0 spiro atoms. The first-order valence-corrected chi connectivity index (χ1v) is 5.27. The molecule has 0 aromatic heterocycles. The van der Waals surface area contributed by atoms with Gasteiger partial charge >= 0.3 is 0 Å². The molecule has 1 aromatic carbocycles. The van der Waals surface area contributed by atoms with Crippen LogP contribution in [0.4, 0.5) is 0 Å². The van der Waals surface area contributed by atoms with Gasteiger partial charge in [-0.15, -0.1) is 6.58 Å². The quantitative estimate of drug-likeness (QED) is 0.675. The molecule has 81 valence electrons. The number of ether oxygens (including phenoxy) is 1. The van der Waals surface area contributed by atoms with Crippen LogP contribution in [0.25, 0.3) is 0 Å². The predicted octanol–water partition coefficient (Wildman–Crippen LogP) is 3.89. The molecule has 1 unspecified atom stereocenters. The lowest BCUT2D eigenvalue weighted by Gasteiger charge is -2.17. The van der Waals surface area contributed by atoms with Gasteiger partial charge in [-0.1, -0.05) is 23.8 Å². The van der Waals surface area contributed by atoms with Crippen molar-refractivity contribution in [1.82, 2.24) is 0 Å². The molecule has 1 radical (unpaired) electrons. The molecular formula is C14H19O. The molecule has 0 heterocycles. The van der Waals surface area contributed by atoms with Crippen molar-refractivity contribution in [3.8, 4) is 5.75 Å². The third-order valence-electron chi connectivity index (χ3n) is 2.21. The van der Waals surface area contributed by atoms with Gasteiger partial charge in [-0.05, 0) is 33.8 Å². The van der Waals surface area contributed by atoms with Crippen molar-refractivity contribution in [2.75, 3.05) is 0 Å². The van der Waals surface area contributed by atoms with Crippen LogP contribution in [0.2, 0.25) is 0 Å². The van der Waals surface area contributed by atoms with E-state index in [9.17, 15) is 0 Å². The van der Waals surface area contributed by atoms with Crippen LogP contribution < -0.4 is 4.74 Å². The Kier molecular flexibility index (Phi) is 3.96. The molecule has 0 fully saturated rings. The first kappa shape index (κ1) is 11.8. The van der Waals surface area contributed by atoms with Crippen LogP contribution in [0.3, 0.4) is 0 Å². The van der Waals surface area contributed by atoms with Crippen molar-refractivity contribution in [2.24, 2.45) is 0 Å². The average Bonchev–Trinajstić information content (AvgIpc) is 2.19. The topological polar surface area (TPSA) is 9.23 Å². The Bertz CT molecular complexity index is 339. The summed E-state index contributed by atoms with van der Waals surface area (Å²) >= 11 is 0. The Morgan fingerprint density at radius 3 is 2.53 bits per heavy atom. The smallest absolute Gasteiger partial charge is 0.123 e. The minimum absolute atomic E-state index is 0.0821. The molecule has 0 N–H and O–H groups in total. The Morgan fingerprint density at radius 2 is 2.00 bits per heavy atom. The molecule has 0 saturated carbocycles. The molecular weight excluding hydrogens is 184 g/mol. The van der Waals surface area contributed by atoms with E-state index in [-0.39, 0.29) is 12.0 Å². The zero-order chi connectivity index (χ0) is 11.4. The van der Waals surface area contributed by atoms with Crippen LogP contribution >= 0.6 is 0 Å². The van der Waals surface area contributed by atoms with Gasteiger partial charge in [-0.3, -0.25) is 0 Å². The largest absolute Gasteiger partial charge is 0.491 e. The molecule has 1 aromatic rings. The molecule has 0 amide bonds. The highest BCUT2D eigenvalue weighted by atomic mass is 16.5. The maximum atomic E-state index is 5.74. The zero-order valence-electron chi connectivity index (χ0n) is 9.79. The maximum Gasteiger partial charge on any atom is 0.123 e. The highest BCUT2D eigenvalue weighted by Gasteiger charge is 2.10. The van der Waals surface area contributed by atoms with Crippen molar-refractivity contribution in [1.29, 1.82) is 0 Å². The van der Waals surface area contributed by atoms with E-state index in [0.29, 0.717) is 0 Å². The Labute approximate surface area is 92.8 Å². The molecule has 1 heteroatoms. The van der Waals surface area contributed by atoms with E-state index in [4.69, 9.17) is 4.74 Å². The summed E-state index contributed by atoms with van der Waals surface area (Å²) in [5, 5.41) is 0. The van der Waals surface area contributed by atoms with Gasteiger partial charge in [-0.25, -0.2) is 0 Å². The van der Waals surface area contributed by atoms with Gasteiger partial charge in [0.25, 0.3) is 0 Å². The fourth-order valence-electron chi connectivity index (χ4n) is 1.45. The van der Waals surface area contributed by atoms with E-state index < -0.39 is 0 Å². The van der Waals surface area contributed by atoms with E-state index in [2.05, 4.69) is 32.6 Å². The zero-order valence-corrected chi connectivity index (χ0v) is 9.79. The third kappa shape index (κ3) is 3.12. The number of benzene rings is 1. The Hall–Kier alpha value is -1.24. The number of aryl methyl sites for hydroxylation is 1. The minimum atomic E-state index is 0.0821. The molecule has 0 bridgehead atoms. The number of hydrogen-bond acceptors (Lipinski definition) is 1. The second kappa shape index (κ2) is 5.01. The van der Waals surface area contributed by atoms with Gasteiger partial charge in [-0.2, -0.15) is 0 Å². The summed E-state index contributed by atoms with van der Waals surface area (Å²) in [6.07, 6.45) is 2.02. The van der Waals surface area contributed by atoms with Crippen LogP contribution in [0.1, 0.15) is 30.9 Å². The summed E-state index contributed by atoms with van der Waals surface area (Å²) in [4.78, 5) is 0. The Morgan fingerprint density at radius 1 is 1.33 bits per heavy atom. The van der Waals surface area contributed by atoms with Gasteiger partial charge in [0, 0.05) is 11.5 Å². The molecule has 1 atom stereocenters. The van der Waals surface area contributed by atoms with Gasteiger partial charge < -0.3 is 4.74 Å². The first-order chi connectivity index (χ1) is 7.04. The van der Waals surface area contributed by atoms with Crippen LogP contribution in [-0.2, 0) is 0 Å². The molecule has 0 aliphatic heterocycles. The summed E-state index contributed by atoms with van der Waals surface area (Å²) in [6, 6.07) is 6.17. The molecule has 1 rings (SSSR count). The molecule has 0 aliphatic rings. The average molecular weight is 203 g/mol. The second-order valence-corrected chi connectivity index (χ2v) is 4.05. The van der Waals surface area contributed by atoms with Crippen molar-refractivity contribution in [2.45, 2.75) is 32.8 Å². The van der Waals surface area contributed by atoms with E-state index >= 15 is 0 Å². The fraction of sp³-hybridized carbons (Fsp3) is 0.357. The van der Waals surface area contributed by atoms with E-state index in [1.54, 1.807) is 0 Å². The van der Waals surface area contributed by atoms with E-state index in [0.717, 1.165) is 11.3 Å². The maximum absolute atomic E-state index is 5.74. The highest BCUT2D eigenvalue weighted by molar-refractivity contribution is 5.41. The predicted molar refractivity (Wildman–Crippen MR) is 65.2 cm³/mol. The van der Waals surface area contributed by atoms with Crippen LogP contribution in [0.15, 0.2) is 30.9 Å². The molecule has 15 heavy (non-hydrogen) atoms. The lowest BCUT2D eigenvalue weighted by Crippen LogP contribution is -2.08. The molecule has 1 nitrogen and oxygen atoms in total. The van der Waals surface area contributed by atoms with Crippen LogP contribution in [0, 0.1) is 13.8 Å². The van der Waals surface area contributed by atoms with Crippen molar-refractivity contribution >= 4 is 0 Å². The highest BCUT2D eigenvalue weighted by Crippen LogP contribution is 2.28. The van der Waals surface area contributed by atoms with E-state index in [1.165, 1.54) is 5.56 Å². The summed E-state index contributed by atoms with van der Waals surface area (Å²) in [5.74, 6) is 0.995. The Balaban J connectivity index is 3.08. The second-order valence-electron chi connectivity index (χ2n) is 4.05. The van der Waals surface area contributed by atoms with Crippen molar-refractivity contribution in [3.63, 3.8) is 0 Å². The van der Waals surface area contributed by atoms with Gasteiger partial charge in [0.05, 0.1) is 6.10 Å². The standard InChI is InChI=1S/C14H19O/c1-6-12(5)13-9-11(4)7-8-14(13)15-10(2)3/h6-10,12H,1,5H2,2-4H3. The van der Waals surface area contributed by atoms with Gasteiger partial charge in [0.2, 0.25) is 0 Å². The lowest BCUT2D eigenvalue weighted by atomic mass is 9.98. The molecule has 0 aliphatic carbocycles. The monoisotopic (exact) mass is 203 g/mol. The van der Waals surface area contributed by atoms with Gasteiger partial charge in [0.15, 0.2) is 0 Å². The SMILES string of the molecule is [CH2]C(C=C)c1cc(C)ccc1OC(C)C. The summed E-state index contributed by atoms with van der Waals surface area (Å²) in [5.41, 5.74) is 2.33. The normalized spacial score (nSPS) is 12.6. The summed E-state index contributed by atoms with van der Waals surface area (Å²) in [6.45, 7) is 13.9. The van der Waals surface area contributed by atoms with Crippen molar-refractivity contribution < 1.29 is 4.74 Å². The number of hydrogen-bond donors (Lipinski definition) is 0. The number of allylic oxidation sites excluding steroid dienone is 1. The van der Waals surface area contributed by atoms with Crippen molar-refractivity contribution in [3.05, 3.63) is 48.9 Å². The van der Waals surface area contributed by atoms with Crippen LogP contribution in [0.5, 0.6) is 5.75 Å². The summed E-state index contributed by atoms with van der Waals surface area (Å²) in [7, 11) is 0. The first-order valence-electron chi connectivity index (χ1n) is 5.27. The minimum Gasteiger partial charge on any atom is -0.491 e. The lowest BCUT2D eigenvalue weighted by molar-refractivity contribution is 0.240. The summed E-state index contributed by atoms with van der Waals surface area (Å²) < 4.78 is 5.74. The molecule has 0 saturated heterocycles. The van der Waals surface area contributed by atoms with Gasteiger partial charge in [0.1, 0.15) is 5.75 Å². The fourth-order valence-corrected chi connectivity index (χ4v) is 1.45. The third-order valence-corrected chi connectivity index (χ3v) is 2.21. The van der Waals surface area contributed by atoms with Crippen LogP contribution in [-0.4, -0.2) is 6.10 Å². The number of rotatable bonds is 4.